The van der Waals surface area contributed by atoms with Gasteiger partial charge in [0.15, 0.2) is 0 Å². The highest BCUT2D eigenvalue weighted by atomic mass is 32.2. The molecule has 0 aliphatic heterocycles. The number of aryl methyl sites for hydroxylation is 1. The van der Waals surface area contributed by atoms with Gasteiger partial charge in [-0.2, -0.15) is 0 Å². The summed E-state index contributed by atoms with van der Waals surface area (Å²) in [5.41, 5.74) is 0.211. The topological polar surface area (TPSA) is 133 Å². The smallest absolute Gasteiger partial charge is 0.293 e. The van der Waals surface area contributed by atoms with Crippen molar-refractivity contribution in [1.29, 1.82) is 0 Å². The third-order valence-corrected chi connectivity index (χ3v) is 5.03. The van der Waals surface area contributed by atoms with Gasteiger partial charge in [0.2, 0.25) is 10.0 Å². The maximum absolute atomic E-state index is 13.3. The number of nitrogens with one attached hydrogen (secondary N) is 1. The summed E-state index contributed by atoms with van der Waals surface area (Å²) >= 11 is 0. The molecule has 0 spiro atoms. The summed E-state index contributed by atoms with van der Waals surface area (Å²) in [7, 11) is -2.35. The zero-order chi connectivity index (χ0) is 20.5. The van der Waals surface area contributed by atoms with E-state index < -0.39 is 32.5 Å². The Morgan fingerprint density at radius 3 is 2.46 bits per heavy atom. The minimum Gasteiger partial charge on any atom is -0.366 e. The molecule has 146 valence electrons. The van der Waals surface area contributed by atoms with Gasteiger partial charge in [0, 0.05) is 25.5 Å². The van der Waals surface area contributed by atoms with Gasteiger partial charge < -0.3 is 9.88 Å². The number of nitrogens with two attached hydrogens (primary N) is 1. The molecule has 0 saturated heterocycles. The van der Waals surface area contributed by atoms with Crippen LogP contribution in [0, 0.1) is 15.9 Å². The van der Waals surface area contributed by atoms with Crippen LogP contribution in [-0.2, 0) is 17.1 Å². The number of halogens is 1. The number of anilines is 1. The average Bonchev–Trinajstić information content (AvgIpc) is 3.05. The fourth-order valence-corrected chi connectivity index (χ4v) is 3.26. The van der Waals surface area contributed by atoms with Crippen LogP contribution in [0.3, 0.4) is 0 Å². The molecule has 3 N–H and O–H groups in total. The summed E-state index contributed by atoms with van der Waals surface area (Å²) < 4.78 is 38.1. The van der Waals surface area contributed by atoms with Gasteiger partial charge in [-0.25, -0.2) is 22.9 Å². The molecule has 0 fully saturated rings. The summed E-state index contributed by atoms with van der Waals surface area (Å²) in [5, 5.41) is 19.5. The predicted octanol–water partition coefficient (Wildman–Crippen LogP) is 2.32. The number of hydrogen-bond acceptors (Lipinski definition) is 6. The van der Waals surface area contributed by atoms with E-state index in [1.54, 1.807) is 24.0 Å². The molecule has 0 aliphatic rings. The lowest BCUT2D eigenvalue weighted by Gasteiger charge is -2.20. The molecule has 2 aromatic carbocycles. The summed E-state index contributed by atoms with van der Waals surface area (Å²) in [5.74, 6) is 0.0993. The fraction of sp³-hybridized carbons (Fsp3) is 0.118. The zero-order valence-electron chi connectivity index (χ0n) is 14.6. The molecule has 0 amide bonds. The molecular formula is C17H16FN5O4S. The SMILES string of the molecule is Cn1ccnc1C(Nc1ccc(S(N)(=O)=O)cc1[N+](=O)[O-])c1ccc(F)cc1. The molecule has 1 unspecified atom stereocenters. The molecule has 11 heteroatoms. The number of aromatic nitrogens is 2. The molecule has 0 radical (unpaired) electrons. The Kier molecular flexibility index (Phi) is 5.12. The van der Waals surface area contributed by atoms with Gasteiger partial charge in [-0.1, -0.05) is 12.1 Å². The molecule has 3 aromatic rings. The number of sulfonamides is 1. The number of imidazole rings is 1. The minimum atomic E-state index is -4.10. The molecule has 28 heavy (non-hydrogen) atoms. The number of nitro benzene ring substituents is 1. The van der Waals surface area contributed by atoms with Crippen LogP contribution in [0.1, 0.15) is 17.4 Å². The van der Waals surface area contributed by atoms with E-state index in [0.717, 1.165) is 6.07 Å². The predicted molar refractivity (Wildman–Crippen MR) is 99.5 cm³/mol. The van der Waals surface area contributed by atoms with Gasteiger partial charge in [-0.3, -0.25) is 10.1 Å². The van der Waals surface area contributed by atoms with Crippen molar-refractivity contribution in [3.63, 3.8) is 0 Å². The first-order valence-electron chi connectivity index (χ1n) is 7.97. The van der Waals surface area contributed by atoms with Crippen LogP contribution in [0.4, 0.5) is 15.8 Å². The van der Waals surface area contributed by atoms with E-state index in [4.69, 9.17) is 5.14 Å². The van der Waals surface area contributed by atoms with Crippen molar-refractivity contribution < 1.29 is 17.7 Å². The summed E-state index contributed by atoms with van der Waals surface area (Å²) in [6, 6.07) is 8.27. The van der Waals surface area contributed by atoms with Crippen LogP contribution in [0.15, 0.2) is 59.8 Å². The molecular weight excluding hydrogens is 389 g/mol. The summed E-state index contributed by atoms with van der Waals surface area (Å²) in [6.45, 7) is 0. The molecule has 1 atom stereocenters. The Bertz CT molecular complexity index is 1130. The van der Waals surface area contributed by atoms with Crippen LogP contribution in [-0.4, -0.2) is 22.9 Å². The lowest BCUT2D eigenvalue weighted by Crippen LogP contribution is -2.18. The van der Waals surface area contributed by atoms with Crippen LogP contribution < -0.4 is 10.5 Å². The average molecular weight is 405 g/mol. The van der Waals surface area contributed by atoms with E-state index >= 15 is 0 Å². The second-order valence-electron chi connectivity index (χ2n) is 6.01. The molecule has 3 rings (SSSR count). The highest BCUT2D eigenvalue weighted by molar-refractivity contribution is 7.89. The second kappa shape index (κ2) is 7.37. The van der Waals surface area contributed by atoms with E-state index in [-0.39, 0.29) is 10.6 Å². The monoisotopic (exact) mass is 405 g/mol. The largest absolute Gasteiger partial charge is 0.366 e. The Morgan fingerprint density at radius 1 is 1.25 bits per heavy atom. The number of primary sulfonamides is 1. The number of hydrogen-bond donors (Lipinski definition) is 2. The Hall–Kier alpha value is -3.31. The first-order chi connectivity index (χ1) is 13.2. The lowest BCUT2D eigenvalue weighted by atomic mass is 10.1. The van der Waals surface area contributed by atoms with Gasteiger partial charge in [0.25, 0.3) is 5.69 Å². The molecule has 0 aliphatic carbocycles. The van der Waals surface area contributed by atoms with Gasteiger partial charge in [-0.05, 0) is 29.8 Å². The number of nitro groups is 1. The number of benzene rings is 2. The van der Waals surface area contributed by atoms with Crippen LogP contribution in [0.5, 0.6) is 0 Å². The van der Waals surface area contributed by atoms with Crippen molar-refractivity contribution >= 4 is 21.4 Å². The summed E-state index contributed by atoms with van der Waals surface area (Å²) in [6.07, 6.45) is 3.26. The zero-order valence-corrected chi connectivity index (χ0v) is 15.4. The molecule has 1 heterocycles. The van der Waals surface area contributed by atoms with Crippen molar-refractivity contribution in [3.05, 3.63) is 82.2 Å². The van der Waals surface area contributed by atoms with Crippen molar-refractivity contribution in [3.8, 4) is 0 Å². The van der Waals surface area contributed by atoms with E-state index in [1.807, 2.05) is 0 Å². The van der Waals surface area contributed by atoms with Crippen LogP contribution in [0.2, 0.25) is 0 Å². The standard InChI is InChI=1S/C17H16FN5O4S/c1-22-9-8-20-17(22)16(11-2-4-12(18)5-3-11)21-14-7-6-13(28(19,26)27)10-15(14)23(24)25/h2-10,16,21H,1H3,(H2,19,26,27). The molecule has 1 aromatic heterocycles. The quantitative estimate of drug-likeness (QED) is 0.478. The van der Waals surface area contributed by atoms with Crippen LogP contribution in [0.25, 0.3) is 0 Å². The number of rotatable bonds is 6. The third kappa shape index (κ3) is 4.00. The Morgan fingerprint density at radius 2 is 1.93 bits per heavy atom. The summed E-state index contributed by atoms with van der Waals surface area (Å²) in [4.78, 5) is 14.7. The normalized spacial score (nSPS) is 12.5. The van der Waals surface area contributed by atoms with E-state index in [1.165, 1.54) is 36.4 Å². The minimum absolute atomic E-state index is 0.0646. The van der Waals surface area contributed by atoms with E-state index in [0.29, 0.717) is 11.4 Å². The maximum Gasteiger partial charge on any atom is 0.293 e. The molecule has 9 nitrogen and oxygen atoms in total. The fourth-order valence-electron chi connectivity index (χ4n) is 2.72. The maximum atomic E-state index is 13.3. The third-order valence-electron chi connectivity index (χ3n) is 4.11. The van der Waals surface area contributed by atoms with Crippen LogP contribution >= 0.6 is 0 Å². The van der Waals surface area contributed by atoms with E-state index in [9.17, 15) is 22.9 Å². The lowest BCUT2D eigenvalue weighted by molar-refractivity contribution is -0.384. The highest BCUT2D eigenvalue weighted by Gasteiger charge is 2.24. The van der Waals surface area contributed by atoms with Gasteiger partial charge in [-0.15, -0.1) is 0 Å². The van der Waals surface area contributed by atoms with Crippen molar-refractivity contribution in [2.24, 2.45) is 12.2 Å². The van der Waals surface area contributed by atoms with E-state index in [2.05, 4.69) is 10.3 Å². The first kappa shape index (κ1) is 19.5. The Labute approximate surface area is 159 Å². The van der Waals surface area contributed by atoms with Gasteiger partial charge in [0.1, 0.15) is 23.4 Å². The second-order valence-corrected chi connectivity index (χ2v) is 7.57. The molecule has 0 bridgehead atoms. The van der Waals surface area contributed by atoms with Crippen molar-refractivity contribution in [2.45, 2.75) is 10.9 Å². The van der Waals surface area contributed by atoms with Gasteiger partial charge >= 0.3 is 0 Å². The Balaban J connectivity index is 2.10. The first-order valence-corrected chi connectivity index (χ1v) is 9.52. The van der Waals surface area contributed by atoms with Crippen molar-refractivity contribution in [2.75, 3.05) is 5.32 Å². The molecule has 0 saturated carbocycles. The number of nitrogens with zero attached hydrogens (tertiary/aromatic N) is 3. The van der Waals surface area contributed by atoms with Crippen molar-refractivity contribution in [1.82, 2.24) is 9.55 Å². The van der Waals surface area contributed by atoms with Gasteiger partial charge in [0.05, 0.1) is 9.82 Å². The highest BCUT2D eigenvalue weighted by Crippen LogP contribution is 2.32.